The first-order valence-corrected chi connectivity index (χ1v) is 14.6. The first-order chi connectivity index (χ1) is 18.0. The van der Waals surface area contributed by atoms with Crippen molar-refractivity contribution < 1.29 is 21.6 Å². The number of hydrogen-bond acceptors (Lipinski definition) is 5. The fraction of sp³-hybridized carbons (Fsp3) is 0.107. The lowest BCUT2D eigenvalue weighted by atomic mass is 10.1. The highest BCUT2D eigenvalue weighted by Crippen LogP contribution is 2.25. The maximum absolute atomic E-state index is 13.2. The van der Waals surface area contributed by atoms with E-state index in [4.69, 9.17) is 0 Å². The zero-order valence-corrected chi connectivity index (χ0v) is 22.7. The average molecular weight is 550 g/mol. The van der Waals surface area contributed by atoms with Gasteiger partial charge in [0.1, 0.15) is 0 Å². The van der Waals surface area contributed by atoms with Crippen LogP contribution in [0.5, 0.6) is 0 Å². The predicted octanol–water partition coefficient (Wildman–Crippen LogP) is 5.47. The minimum Gasteiger partial charge on any atom is -0.322 e. The number of hydrogen-bond donors (Lipinski definition) is 3. The molecule has 1 amide bonds. The molecule has 3 N–H and O–H groups in total. The molecule has 0 atom stereocenters. The van der Waals surface area contributed by atoms with E-state index < -0.39 is 26.0 Å². The van der Waals surface area contributed by atoms with E-state index in [1.807, 2.05) is 19.9 Å². The molecule has 4 rings (SSSR count). The predicted molar refractivity (Wildman–Crippen MR) is 150 cm³/mol. The molecule has 38 heavy (non-hydrogen) atoms. The van der Waals surface area contributed by atoms with Crippen molar-refractivity contribution in [1.29, 1.82) is 0 Å². The molecule has 4 aromatic rings. The molecule has 10 heteroatoms. The number of benzene rings is 4. The van der Waals surface area contributed by atoms with Gasteiger partial charge in [0, 0.05) is 16.9 Å². The van der Waals surface area contributed by atoms with Gasteiger partial charge in [-0.3, -0.25) is 14.2 Å². The summed E-state index contributed by atoms with van der Waals surface area (Å²) in [5.41, 5.74) is 3.64. The van der Waals surface area contributed by atoms with Gasteiger partial charge < -0.3 is 5.32 Å². The lowest BCUT2D eigenvalue weighted by Crippen LogP contribution is -2.18. The van der Waals surface area contributed by atoms with Crippen LogP contribution < -0.4 is 14.8 Å². The summed E-state index contributed by atoms with van der Waals surface area (Å²) in [7, 11) is -7.77. The summed E-state index contributed by atoms with van der Waals surface area (Å²) in [4.78, 5) is 12.9. The number of rotatable bonds is 8. The number of sulfonamides is 2. The molecular formula is C28H27N3O5S2. The number of carbonyl (C=O) groups excluding carboxylic acids is 1. The quantitative estimate of drug-likeness (QED) is 0.269. The fourth-order valence-corrected chi connectivity index (χ4v) is 6.19. The molecule has 0 saturated carbocycles. The third kappa shape index (κ3) is 6.04. The van der Waals surface area contributed by atoms with Crippen LogP contribution in [-0.4, -0.2) is 22.7 Å². The number of anilines is 3. The molecule has 0 aromatic heterocycles. The summed E-state index contributed by atoms with van der Waals surface area (Å²) < 4.78 is 56.7. The Labute approximate surface area is 222 Å². The molecule has 0 saturated heterocycles. The maximum Gasteiger partial charge on any atom is 0.262 e. The number of para-hydroxylation sites is 1. The van der Waals surface area contributed by atoms with Crippen LogP contribution in [0.2, 0.25) is 0 Å². The molecule has 0 fully saturated rings. The van der Waals surface area contributed by atoms with E-state index in [0.717, 1.165) is 11.1 Å². The molecular weight excluding hydrogens is 522 g/mol. The molecule has 0 spiro atoms. The zero-order chi connectivity index (χ0) is 27.5. The minimum atomic E-state index is -3.96. The second kappa shape index (κ2) is 10.7. The van der Waals surface area contributed by atoms with Crippen LogP contribution in [0.15, 0.2) is 101 Å². The smallest absolute Gasteiger partial charge is 0.262 e. The highest BCUT2D eigenvalue weighted by Gasteiger charge is 2.21. The summed E-state index contributed by atoms with van der Waals surface area (Å²) in [5.74, 6) is -0.536. The van der Waals surface area contributed by atoms with Crippen LogP contribution in [-0.2, 0) is 20.0 Å². The minimum absolute atomic E-state index is 0.0144. The van der Waals surface area contributed by atoms with Gasteiger partial charge in [-0.05, 0) is 92.1 Å². The summed E-state index contributed by atoms with van der Waals surface area (Å²) >= 11 is 0. The highest BCUT2D eigenvalue weighted by atomic mass is 32.2. The Morgan fingerprint density at radius 2 is 1.32 bits per heavy atom. The monoisotopic (exact) mass is 549 g/mol. The molecule has 0 radical (unpaired) electrons. The third-order valence-electron chi connectivity index (χ3n) is 6.04. The SMILES string of the molecule is Cc1ccc(C(=O)Nc2ccc(S(=O)(=O)Nc3ccccc3)cc2)cc1S(=O)(=O)Nc1cccc(C)c1C. The van der Waals surface area contributed by atoms with Crippen molar-refractivity contribution >= 4 is 43.0 Å². The van der Waals surface area contributed by atoms with Gasteiger partial charge in [0.25, 0.3) is 26.0 Å². The second-order valence-electron chi connectivity index (χ2n) is 8.78. The highest BCUT2D eigenvalue weighted by molar-refractivity contribution is 7.93. The van der Waals surface area contributed by atoms with Crippen LogP contribution in [0.4, 0.5) is 17.1 Å². The summed E-state index contributed by atoms with van der Waals surface area (Å²) in [6.45, 7) is 5.38. The maximum atomic E-state index is 13.2. The van der Waals surface area contributed by atoms with Crippen molar-refractivity contribution in [3.63, 3.8) is 0 Å². The summed E-state index contributed by atoms with van der Waals surface area (Å²) in [6.07, 6.45) is 0. The van der Waals surface area contributed by atoms with Crippen LogP contribution >= 0.6 is 0 Å². The molecule has 0 aliphatic rings. The molecule has 8 nitrogen and oxygen atoms in total. The Balaban J connectivity index is 1.51. The Bertz CT molecular complexity index is 1700. The van der Waals surface area contributed by atoms with Crippen molar-refractivity contribution in [2.75, 3.05) is 14.8 Å². The molecule has 0 unspecified atom stereocenters. The van der Waals surface area contributed by atoms with Crippen LogP contribution in [0.25, 0.3) is 0 Å². The van der Waals surface area contributed by atoms with Crippen molar-refractivity contribution in [3.8, 4) is 0 Å². The molecule has 4 aromatic carbocycles. The third-order valence-corrected chi connectivity index (χ3v) is 8.94. The Morgan fingerprint density at radius 3 is 2.00 bits per heavy atom. The largest absolute Gasteiger partial charge is 0.322 e. The van der Waals surface area contributed by atoms with Gasteiger partial charge in [0.15, 0.2) is 0 Å². The van der Waals surface area contributed by atoms with Gasteiger partial charge >= 0.3 is 0 Å². The van der Waals surface area contributed by atoms with Gasteiger partial charge in [0.2, 0.25) is 0 Å². The fourth-order valence-electron chi connectivity index (χ4n) is 3.73. The average Bonchev–Trinajstić information content (AvgIpc) is 2.87. The number of amides is 1. The zero-order valence-electron chi connectivity index (χ0n) is 21.0. The normalized spacial score (nSPS) is 11.6. The number of carbonyl (C=O) groups is 1. The van der Waals surface area contributed by atoms with E-state index in [1.54, 1.807) is 55.5 Å². The first kappa shape index (κ1) is 26.9. The number of nitrogens with one attached hydrogen (secondary N) is 3. The Kier molecular flexibility index (Phi) is 7.56. The van der Waals surface area contributed by atoms with Crippen LogP contribution in [0.1, 0.15) is 27.0 Å². The number of aryl methyl sites for hydroxylation is 2. The van der Waals surface area contributed by atoms with E-state index in [9.17, 15) is 21.6 Å². The van der Waals surface area contributed by atoms with E-state index in [0.29, 0.717) is 22.6 Å². The van der Waals surface area contributed by atoms with Crippen molar-refractivity contribution in [1.82, 2.24) is 0 Å². The van der Waals surface area contributed by atoms with E-state index in [2.05, 4.69) is 14.8 Å². The first-order valence-electron chi connectivity index (χ1n) is 11.7. The molecule has 0 aliphatic carbocycles. The lowest BCUT2D eigenvalue weighted by molar-refractivity contribution is 0.102. The topological polar surface area (TPSA) is 121 Å². The van der Waals surface area contributed by atoms with Crippen molar-refractivity contribution in [2.24, 2.45) is 0 Å². The molecule has 0 aliphatic heterocycles. The Hall–Kier alpha value is -4.15. The standard InChI is InChI=1S/C28H27N3O5S2/c1-19-8-7-11-26(21(19)3)31-38(35,36)27-18-22(13-12-20(27)2)28(32)29-23-14-16-25(17-15-23)37(33,34)30-24-9-5-4-6-10-24/h4-18,30-31H,1-3H3,(H,29,32). The molecule has 0 bridgehead atoms. The van der Waals surface area contributed by atoms with Gasteiger partial charge in [-0.1, -0.05) is 36.4 Å². The molecule has 196 valence electrons. The van der Waals surface area contributed by atoms with Gasteiger partial charge in [-0.15, -0.1) is 0 Å². The van der Waals surface area contributed by atoms with Crippen LogP contribution in [0.3, 0.4) is 0 Å². The lowest BCUT2D eigenvalue weighted by Gasteiger charge is -2.15. The molecule has 0 heterocycles. The van der Waals surface area contributed by atoms with Crippen LogP contribution in [0, 0.1) is 20.8 Å². The summed E-state index contributed by atoms with van der Waals surface area (Å²) in [6, 6.07) is 23.9. The second-order valence-corrected chi connectivity index (χ2v) is 12.1. The van der Waals surface area contributed by atoms with Gasteiger partial charge in [0.05, 0.1) is 15.5 Å². The Morgan fingerprint density at radius 1 is 0.632 bits per heavy atom. The van der Waals surface area contributed by atoms with E-state index in [-0.39, 0.29) is 15.4 Å². The van der Waals surface area contributed by atoms with Crippen molar-refractivity contribution in [3.05, 3.63) is 113 Å². The van der Waals surface area contributed by atoms with Gasteiger partial charge in [-0.2, -0.15) is 0 Å². The summed E-state index contributed by atoms with van der Waals surface area (Å²) in [5, 5.41) is 2.68. The van der Waals surface area contributed by atoms with E-state index in [1.165, 1.54) is 36.4 Å². The van der Waals surface area contributed by atoms with E-state index >= 15 is 0 Å². The van der Waals surface area contributed by atoms with Crippen molar-refractivity contribution in [2.45, 2.75) is 30.6 Å². The van der Waals surface area contributed by atoms with Gasteiger partial charge in [-0.25, -0.2) is 16.8 Å².